The summed E-state index contributed by atoms with van der Waals surface area (Å²) in [5, 5.41) is 0. The lowest BCUT2D eigenvalue weighted by Gasteiger charge is -2.20. The van der Waals surface area contributed by atoms with Crippen LogP contribution in [-0.4, -0.2) is 13.2 Å². The van der Waals surface area contributed by atoms with Gasteiger partial charge in [-0.2, -0.15) is 0 Å². The van der Waals surface area contributed by atoms with E-state index in [-0.39, 0.29) is 11.9 Å². The van der Waals surface area contributed by atoms with Gasteiger partial charge in [0.2, 0.25) is 0 Å². The molecular weight excluding hydrogens is 337 g/mol. The molecule has 1 heterocycles. The van der Waals surface area contributed by atoms with Crippen molar-refractivity contribution in [3.05, 3.63) is 57.8 Å². The average molecular weight is 352 g/mol. The minimum Gasteiger partial charge on any atom is -0.486 e. The smallest absolute Gasteiger partial charge is 0.161 e. The van der Waals surface area contributed by atoms with E-state index in [2.05, 4.69) is 15.9 Å². The molecule has 2 N–H and O–H groups in total. The highest BCUT2D eigenvalue weighted by atomic mass is 79.9. The molecular formula is C16H15BrFNO2. The van der Waals surface area contributed by atoms with Crippen LogP contribution in [0.4, 0.5) is 4.39 Å². The minimum absolute atomic E-state index is 0.252. The average Bonchev–Trinajstić information content (AvgIpc) is 2.49. The Bertz CT molecular complexity index is 663. The first-order valence-corrected chi connectivity index (χ1v) is 7.52. The fourth-order valence-electron chi connectivity index (χ4n) is 2.33. The lowest BCUT2D eigenvalue weighted by atomic mass is 9.99. The lowest BCUT2D eigenvalue weighted by Crippen LogP contribution is -2.18. The summed E-state index contributed by atoms with van der Waals surface area (Å²) in [6, 6.07) is 10.3. The van der Waals surface area contributed by atoms with Crippen LogP contribution in [0.2, 0.25) is 0 Å². The van der Waals surface area contributed by atoms with Crippen LogP contribution in [-0.2, 0) is 6.42 Å². The molecule has 0 fully saturated rings. The van der Waals surface area contributed by atoms with Crippen molar-refractivity contribution in [2.75, 3.05) is 13.2 Å². The summed E-state index contributed by atoms with van der Waals surface area (Å²) >= 11 is 3.25. The topological polar surface area (TPSA) is 44.5 Å². The first-order valence-electron chi connectivity index (χ1n) is 6.72. The number of benzene rings is 2. The molecule has 1 aliphatic rings. The number of nitrogens with two attached hydrogens (primary N) is 1. The maximum Gasteiger partial charge on any atom is 0.161 e. The van der Waals surface area contributed by atoms with Gasteiger partial charge in [0, 0.05) is 10.5 Å². The van der Waals surface area contributed by atoms with Gasteiger partial charge in [0.1, 0.15) is 19.0 Å². The molecule has 0 amide bonds. The van der Waals surface area contributed by atoms with Crippen molar-refractivity contribution in [3.63, 3.8) is 0 Å². The van der Waals surface area contributed by atoms with Gasteiger partial charge in [-0.3, -0.25) is 0 Å². The van der Waals surface area contributed by atoms with E-state index in [9.17, 15) is 4.39 Å². The maximum atomic E-state index is 13.9. The third-order valence-electron chi connectivity index (χ3n) is 3.45. The third kappa shape index (κ3) is 3.19. The molecule has 3 nitrogen and oxygen atoms in total. The standard InChI is InChI=1S/C16H15BrFNO2/c17-12-3-1-10(13(18)9-12)7-14(19)11-2-4-15-16(8-11)21-6-5-20-15/h1-4,8-9,14H,5-7,19H2. The van der Waals surface area contributed by atoms with E-state index in [1.165, 1.54) is 6.07 Å². The number of halogens is 2. The molecule has 0 aromatic heterocycles. The van der Waals surface area contributed by atoms with Crippen molar-refractivity contribution in [1.82, 2.24) is 0 Å². The van der Waals surface area contributed by atoms with Crippen LogP contribution in [0, 0.1) is 5.82 Å². The Morgan fingerprint density at radius 2 is 1.86 bits per heavy atom. The van der Waals surface area contributed by atoms with Gasteiger partial charge in [-0.05, 0) is 41.8 Å². The van der Waals surface area contributed by atoms with Gasteiger partial charge in [-0.1, -0.05) is 28.1 Å². The summed E-state index contributed by atoms with van der Waals surface area (Å²) in [5.41, 5.74) is 7.69. The van der Waals surface area contributed by atoms with E-state index in [0.717, 1.165) is 15.8 Å². The van der Waals surface area contributed by atoms with Crippen molar-refractivity contribution >= 4 is 15.9 Å². The van der Waals surface area contributed by atoms with Gasteiger partial charge < -0.3 is 15.2 Å². The number of hydrogen-bond donors (Lipinski definition) is 1. The predicted molar refractivity (Wildman–Crippen MR) is 82.2 cm³/mol. The maximum absolute atomic E-state index is 13.9. The Kier molecular flexibility index (Phi) is 4.12. The summed E-state index contributed by atoms with van der Waals surface area (Å²) < 4.78 is 25.6. The van der Waals surface area contributed by atoms with Crippen LogP contribution in [0.1, 0.15) is 17.2 Å². The Labute approximate surface area is 131 Å². The molecule has 5 heteroatoms. The normalized spacial score (nSPS) is 14.8. The molecule has 0 radical (unpaired) electrons. The van der Waals surface area contributed by atoms with Crippen LogP contribution in [0.15, 0.2) is 40.9 Å². The van der Waals surface area contributed by atoms with E-state index >= 15 is 0 Å². The van der Waals surface area contributed by atoms with E-state index in [1.807, 2.05) is 24.3 Å². The van der Waals surface area contributed by atoms with Gasteiger partial charge >= 0.3 is 0 Å². The molecule has 3 rings (SSSR count). The zero-order chi connectivity index (χ0) is 14.8. The fourth-order valence-corrected chi connectivity index (χ4v) is 2.67. The second-order valence-electron chi connectivity index (χ2n) is 4.95. The molecule has 21 heavy (non-hydrogen) atoms. The van der Waals surface area contributed by atoms with Gasteiger partial charge in [0.05, 0.1) is 0 Å². The molecule has 1 atom stereocenters. The first-order chi connectivity index (χ1) is 10.1. The second-order valence-corrected chi connectivity index (χ2v) is 5.87. The second kappa shape index (κ2) is 6.03. The molecule has 1 unspecified atom stereocenters. The van der Waals surface area contributed by atoms with Crippen molar-refractivity contribution < 1.29 is 13.9 Å². The SMILES string of the molecule is NC(Cc1ccc(Br)cc1F)c1ccc2c(c1)OCCO2. The first kappa shape index (κ1) is 14.4. The Hall–Kier alpha value is -1.59. The highest BCUT2D eigenvalue weighted by Crippen LogP contribution is 2.33. The molecule has 110 valence electrons. The van der Waals surface area contributed by atoms with Crippen LogP contribution < -0.4 is 15.2 Å². The Morgan fingerprint density at radius 1 is 1.10 bits per heavy atom. The van der Waals surface area contributed by atoms with Crippen LogP contribution in [0.3, 0.4) is 0 Å². The number of rotatable bonds is 3. The number of fused-ring (bicyclic) bond motifs is 1. The minimum atomic E-state index is -0.295. The summed E-state index contributed by atoms with van der Waals surface area (Å²) in [4.78, 5) is 0. The molecule has 0 aliphatic carbocycles. The number of ether oxygens (including phenoxy) is 2. The van der Waals surface area contributed by atoms with E-state index < -0.39 is 0 Å². The molecule has 1 aliphatic heterocycles. The third-order valence-corrected chi connectivity index (χ3v) is 3.94. The summed E-state index contributed by atoms with van der Waals surface area (Å²) in [5.74, 6) is 1.18. The van der Waals surface area contributed by atoms with Crippen LogP contribution in [0.25, 0.3) is 0 Å². The fraction of sp³-hybridized carbons (Fsp3) is 0.250. The summed E-state index contributed by atoms with van der Waals surface area (Å²) in [7, 11) is 0. The Balaban J connectivity index is 1.80. The molecule has 0 bridgehead atoms. The van der Waals surface area contributed by atoms with Crippen molar-refractivity contribution in [1.29, 1.82) is 0 Å². The highest BCUT2D eigenvalue weighted by molar-refractivity contribution is 9.10. The zero-order valence-corrected chi connectivity index (χ0v) is 12.9. The molecule has 2 aromatic carbocycles. The monoisotopic (exact) mass is 351 g/mol. The van der Waals surface area contributed by atoms with Crippen molar-refractivity contribution in [3.8, 4) is 11.5 Å². The van der Waals surface area contributed by atoms with Crippen LogP contribution >= 0.6 is 15.9 Å². The number of hydrogen-bond acceptors (Lipinski definition) is 3. The van der Waals surface area contributed by atoms with Gasteiger partial charge in [0.15, 0.2) is 11.5 Å². The van der Waals surface area contributed by atoms with Gasteiger partial charge in [-0.25, -0.2) is 4.39 Å². The molecule has 0 spiro atoms. The van der Waals surface area contributed by atoms with E-state index in [4.69, 9.17) is 15.2 Å². The summed E-state index contributed by atoms with van der Waals surface area (Å²) in [6.07, 6.45) is 0.429. The summed E-state index contributed by atoms with van der Waals surface area (Å²) in [6.45, 7) is 1.09. The van der Waals surface area contributed by atoms with E-state index in [0.29, 0.717) is 30.9 Å². The molecule has 0 saturated heterocycles. The quantitative estimate of drug-likeness (QED) is 0.918. The molecule has 0 saturated carbocycles. The highest BCUT2D eigenvalue weighted by Gasteiger charge is 2.16. The van der Waals surface area contributed by atoms with E-state index in [1.54, 1.807) is 6.07 Å². The lowest BCUT2D eigenvalue weighted by molar-refractivity contribution is 0.171. The van der Waals surface area contributed by atoms with Crippen molar-refractivity contribution in [2.45, 2.75) is 12.5 Å². The van der Waals surface area contributed by atoms with Gasteiger partial charge in [0.25, 0.3) is 0 Å². The van der Waals surface area contributed by atoms with Gasteiger partial charge in [-0.15, -0.1) is 0 Å². The van der Waals surface area contributed by atoms with Crippen LogP contribution in [0.5, 0.6) is 11.5 Å². The molecule has 2 aromatic rings. The predicted octanol–water partition coefficient (Wildman–Crippen LogP) is 3.60. The van der Waals surface area contributed by atoms with Crippen molar-refractivity contribution in [2.24, 2.45) is 5.73 Å². The zero-order valence-electron chi connectivity index (χ0n) is 11.3. The largest absolute Gasteiger partial charge is 0.486 e. The Morgan fingerprint density at radius 3 is 2.62 bits per heavy atom.